The van der Waals surface area contributed by atoms with E-state index in [4.69, 9.17) is 47.4 Å². The van der Waals surface area contributed by atoms with E-state index in [2.05, 4.69) is 83.1 Å². The number of esters is 10. The quantitative estimate of drug-likeness (QED) is 0.0435. The van der Waals surface area contributed by atoms with Crippen molar-refractivity contribution in [3.05, 3.63) is 0 Å². The molecule has 3 atom stereocenters. The lowest BCUT2D eigenvalue weighted by Gasteiger charge is -2.61. The zero-order chi connectivity index (χ0) is 110. The molecule has 11 aliphatic rings. The van der Waals surface area contributed by atoms with Gasteiger partial charge in [-0.25, -0.2) is 9.59 Å². The minimum atomic E-state index is -0.560. The van der Waals surface area contributed by atoms with E-state index in [0.29, 0.717) is 75.0 Å². The summed E-state index contributed by atoms with van der Waals surface area (Å²) in [5, 5.41) is 0. The maximum Gasteiger partial charge on any atom is 0.344 e. The summed E-state index contributed by atoms with van der Waals surface area (Å²) < 4.78 is 54.9. The van der Waals surface area contributed by atoms with Crippen molar-refractivity contribution in [3.63, 3.8) is 0 Å². The molecule has 0 N–H and O–H groups in total. The Balaban J connectivity index is 0.000000423. The molecule has 0 spiro atoms. The lowest BCUT2D eigenvalue weighted by Crippen LogP contribution is -2.57. The molecule has 11 aliphatic carbocycles. The number of rotatable bonds is 33. The summed E-state index contributed by atoms with van der Waals surface area (Å²) in [4.78, 5) is 153. The molecule has 0 aromatic heterocycles. The average molecular weight is 2020 g/mol. The highest BCUT2D eigenvalue weighted by molar-refractivity contribution is 5.90. The highest BCUT2D eigenvalue weighted by Gasteiger charge is 2.59. The second kappa shape index (κ2) is 56.0. The van der Waals surface area contributed by atoms with E-state index in [-0.39, 0.29) is 117 Å². The summed E-state index contributed by atoms with van der Waals surface area (Å²) in [6, 6.07) is 0. The van der Waals surface area contributed by atoms with Gasteiger partial charge in [0.15, 0.2) is 48.9 Å². The highest BCUT2D eigenvalue weighted by atomic mass is 16.6. The highest BCUT2D eigenvalue weighted by Crippen LogP contribution is 2.64. The molecule has 0 aromatic rings. The number of carbonyl (C=O) groups excluding carboxylic acids is 13. The summed E-state index contributed by atoms with van der Waals surface area (Å²) >= 11 is 0. The molecule has 23 heteroatoms. The van der Waals surface area contributed by atoms with E-state index in [1.54, 1.807) is 0 Å². The van der Waals surface area contributed by atoms with Gasteiger partial charge in [-0.05, 0) is 425 Å². The number of hydrogen-bond donors (Lipinski definition) is 0. The van der Waals surface area contributed by atoms with Gasteiger partial charge < -0.3 is 47.4 Å². The number of ether oxygens (including phenoxy) is 10. The largest absolute Gasteiger partial charge is 0.459 e. The third-order valence-corrected chi connectivity index (χ3v) is 35.8. The molecular formula is C120H210O23. The van der Waals surface area contributed by atoms with Crippen LogP contribution in [0.1, 0.15) is 514 Å². The van der Waals surface area contributed by atoms with Gasteiger partial charge in [-0.3, -0.25) is 52.7 Å². The lowest BCUT2D eigenvalue weighted by atomic mass is 9.46. The Hall–Kier alpha value is -6.29. The van der Waals surface area contributed by atoms with E-state index in [0.717, 1.165) is 112 Å². The molecule has 0 heterocycles. The average Bonchev–Trinajstić information content (AvgIpc) is 0.850. The molecule has 0 radical (unpaired) electrons. The Labute approximate surface area is 868 Å². The maximum absolute atomic E-state index is 12.4. The van der Waals surface area contributed by atoms with E-state index < -0.39 is 68.5 Å². The fourth-order valence-electron chi connectivity index (χ4n) is 20.3. The predicted octanol–water partition coefficient (Wildman–Crippen LogP) is 28.6. The van der Waals surface area contributed by atoms with Crippen molar-refractivity contribution >= 4 is 77.0 Å². The van der Waals surface area contributed by atoms with Crippen LogP contribution in [0, 0.1) is 114 Å². The number of carbonyl (C=O) groups is 13. The number of Topliss-reactive ketones (excluding diaryl/α,β-unsaturated/α-hetero) is 3. The first-order valence-corrected chi connectivity index (χ1v) is 56.3. The van der Waals surface area contributed by atoms with Crippen molar-refractivity contribution in [2.45, 2.75) is 560 Å². The zero-order valence-electron chi connectivity index (χ0n) is 98.0. The summed E-state index contributed by atoms with van der Waals surface area (Å²) in [6.07, 6.45) is 37.9. The van der Waals surface area contributed by atoms with Crippen molar-refractivity contribution in [1.82, 2.24) is 0 Å². The van der Waals surface area contributed by atoms with Crippen molar-refractivity contribution in [2.24, 2.45) is 114 Å². The van der Waals surface area contributed by atoms with Crippen LogP contribution in [0.3, 0.4) is 0 Å². The van der Waals surface area contributed by atoms with Crippen LogP contribution in [0.2, 0.25) is 0 Å². The number of hydrogen-bond acceptors (Lipinski definition) is 23. The number of ketones is 3. The van der Waals surface area contributed by atoms with Crippen molar-refractivity contribution in [2.75, 3.05) is 13.2 Å². The normalized spacial score (nSPS) is 25.9. The molecule has 0 amide bonds. The Kier molecular flexibility index (Phi) is 51.2. The van der Waals surface area contributed by atoms with Gasteiger partial charge in [0.05, 0.1) is 43.3 Å². The molecule has 0 aliphatic heterocycles. The van der Waals surface area contributed by atoms with E-state index in [1.807, 2.05) is 180 Å². The van der Waals surface area contributed by atoms with Crippen molar-refractivity contribution < 1.29 is 110 Å². The van der Waals surface area contributed by atoms with Crippen LogP contribution in [-0.2, 0) is 110 Å². The van der Waals surface area contributed by atoms with Crippen LogP contribution in [0.4, 0.5) is 0 Å². The smallest absolute Gasteiger partial charge is 0.344 e. The van der Waals surface area contributed by atoms with Crippen LogP contribution in [0.5, 0.6) is 0 Å². The van der Waals surface area contributed by atoms with E-state index in [9.17, 15) is 62.3 Å². The fourth-order valence-corrected chi connectivity index (χ4v) is 20.3. The maximum atomic E-state index is 12.4. The lowest BCUT2D eigenvalue weighted by molar-refractivity contribution is -0.203. The van der Waals surface area contributed by atoms with E-state index in [1.165, 1.54) is 128 Å². The van der Waals surface area contributed by atoms with Gasteiger partial charge in [0, 0.05) is 24.7 Å². The minimum Gasteiger partial charge on any atom is -0.459 e. The van der Waals surface area contributed by atoms with Gasteiger partial charge in [0.25, 0.3) is 0 Å². The monoisotopic (exact) mass is 2020 g/mol. The molecule has 4 bridgehead atoms. The van der Waals surface area contributed by atoms with Crippen LogP contribution in [-0.4, -0.2) is 137 Å². The Bertz CT molecular complexity index is 3730. The molecule has 23 nitrogen and oxygen atoms in total. The minimum absolute atomic E-state index is 0.0476. The first-order chi connectivity index (χ1) is 65.6. The molecule has 828 valence electrons. The van der Waals surface area contributed by atoms with Crippen molar-refractivity contribution in [1.29, 1.82) is 0 Å². The standard InChI is InChI=1S/C21H34O4.C18H32O4.3C16H30O2.3C11H18O3/c1-6-19(2,3)18(23)24-13-17(22)25-20(4,5)21-10-14-7-15(11-21)9-16(8-14)12-21;1-7-17(3,4)16(20)21-12-15(19)22-18(5,6)14-10-8-13(2)9-11-14;3*1-7-15(3,4)14(17)18-16(5,6)13-10-8-12(2)9-11-13;3*1-4-11(2,3)10(13)14-9-7-5-6-8(9)12/h14-16H,6-13H2,1-5H3;13-14H,7-12H2,1-6H3;3*12-13H,7-11H2,1-6H3;3*9H,4-7H2,1-3H3. The van der Waals surface area contributed by atoms with Crippen LogP contribution in [0.15, 0.2) is 0 Å². The second-order valence-corrected chi connectivity index (χ2v) is 52.9. The van der Waals surface area contributed by atoms with Gasteiger partial charge in [0.2, 0.25) is 0 Å². The Morgan fingerprint density at radius 3 is 0.636 bits per heavy atom. The van der Waals surface area contributed by atoms with Gasteiger partial charge in [0.1, 0.15) is 28.0 Å². The van der Waals surface area contributed by atoms with Gasteiger partial charge in [-0.2, -0.15) is 0 Å². The molecule has 0 saturated heterocycles. The van der Waals surface area contributed by atoms with Gasteiger partial charge in [-0.15, -0.1) is 0 Å². The Morgan fingerprint density at radius 1 is 0.252 bits per heavy atom. The summed E-state index contributed by atoms with van der Waals surface area (Å²) in [5.41, 5.74) is -5.44. The molecule has 143 heavy (non-hydrogen) atoms. The van der Waals surface area contributed by atoms with Gasteiger partial charge >= 0.3 is 59.7 Å². The summed E-state index contributed by atoms with van der Waals surface area (Å²) in [5.74, 6) is 5.42. The first kappa shape index (κ1) is 131. The zero-order valence-corrected chi connectivity index (χ0v) is 98.0. The van der Waals surface area contributed by atoms with Crippen LogP contribution < -0.4 is 0 Å². The van der Waals surface area contributed by atoms with Crippen LogP contribution >= 0.6 is 0 Å². The third kappa shape index (κ3) is 41.2. The second-order valence-electron chi connectivity index (χ2n) is 52.9. The van der Waals surface area contributed by atoms with E-state index >= 15 is 0 Å². The predicted molar refractivity (Wildman–Crippen MR) is 567 cm³/mol. The molecule has 0 aromatic carbocycles. The Morgan fingerprint density at radius 2 is 0.441 bits per heavy atom. The molecular weight excluding hydrogens is 1810 g/mol. The molecule has 3 unspecified atom stereocenters. The molecule has 11 rings (SSSR count). The topological polar surface area (TPSA) is 314 Å². The molecule has 11 saturated carbocycles. The summed E-state index contributed by atoms with van der Waals surface area (Å²) in [7, 11) is 0. The SMILES string of the molecule is CCC(C)(C)C(=O)OC(C)(C)C1CCC(C)CC1.CCC(C)(C)C(=O)OC(C)(C)C1CCC(C)CC1.CCC(C)(C)C(=O)OC(C)(C)C1CCC(C)CC1.CCC(C)(C)C(=O)OC1CCCC1=O.CCC(C)(C)C(=O)OC1CCCC1=O.CCC(C)(C)C(=O)OC1CCCC1=O.CCC(C)(C)C(=O)OCC(=O)OC(C)(C)C12CC3CC(CC(C3)C1)C2.CCC(C)(C)C(=O)OCC(=O)OC(C)(C)C1CCC(C)CC1. The summed E-state index contributed by atoms with van der Waals surface area (Å²) in [6.45, 7) is 75.1. The first-order valence-electron chi connectivity index (χ1n) is 56.3. The fraction of sp³-hybridized carbons (Fsp3) is 0.892. The van der Waals surface area contributed by atoms with Gasteiger partial charge in [-0.1, -0.05) is 134 Å². The third-order valence-electron chi connectivity index (χ3n) is 35.8. The van der Waals surface area contributed by atoms with Crippen LogP contribution in [0.25, 0.3) is 0 Å². The molecule has 11 fully saturated rings. The van der Waals surface area contributed by atoms with Crippen molar-refractivity contribution in [3.8, 4) is 0 Å².